The molecule has 1 saturated heterocycles. The molecule has 0 spiro atoms. The number of rotatable bonds is 4. The summed E-state index contributed by atoms with van der Waals surface area (Å²) in [4.78, 5) is 18.9. The maximum Gasteiger partial charge on any atom is 0.232 e. The summed E-state index contributed by atoms with van der Waals surface area (Å²) in [7, 11) is 0. The number of nitrogens with zero attached hydrogens (tertiary/aromatic N) is 3. The Hall–Kier alpha value is -2.66. The molecule has 2 aromatic carbocycles. The van der Waals surface area contributed by atoms with Crippen molar-refractivity contribution >= 4 is 23.2 Å². The summed E-state index contributed by atoms with van der Waals surface area (Å²) in [5, 5.41) is 4.71. The van der Waals surface area contributed by atoms with E-state index in [-0.39, 0.29) is 11.8 Å². The molecule has 1 aliphatic rings. The Morgan fingerprint density at radius 3 is 2.73 bits per heavy atom. The van der Waals surface area contributed by atoms with Crippen LogP contribution >= 0.6 is 11.6 Å². The summed E-state index contributed by atoms with van der Waals surface area (Å²) in [5.41, 5.74) is 2.97. The molecule has 1 aromatic heterocycles. The summed E-state index contributed by atoms with van der Waals surface area (Å²) in [6.07, 6.45) is 1.26. The molecule has 0 saturated carbocycles. The van der Waals surface area contributed by atoms with Gasteiger partial charge >= 0.3 is 0 Å². The van der Waals surface area contributed by atoms with Crippen LogP contribution in [0.4, 0.5) is 5.69 Å². The van der Waals surface area contributed by atoms with E-state index in [1.807, 2.05) is 35.2 Å². The summed E-state index contributed by atoms with van der Waals surface area (Å²) >= 11 is 5.92. The molecule has 4 rings (SSSR count). The zero-order valence-corrected chi connectivity index (χ0v) is 15.1. The molecule has 1 fully saturated rings. The molecule has 1 unspecified atom stereocenters. The Morgan fingerprint density at radius 2 is 1.96 bits per heavy atom. The monoisotopic (exact) mass is 367 g/mol. The van der Waals surface area contributed by atoms with Crippen molar-refractivity contribution in [2.24, 2.45) is 0 Å². The number of para-hydroxylation sites is 1. The highest BCUT2D eigenvalue weighted by Gasteiger charge is 2.35. The van der Waals surface area contributed by atoms with Gasteiger partial charge in [0, 0.05) is 29.2 Å². The van der Waals surface area contributed by atoms with Gasteiger partial charge in [-0.1, -0.05) is 41.9 Å². The fraction of sp³-hybridized carbons (Fsp3) is 0.250. The van der Waals surface area contributed by atoms with Gasteiger partial charge in [0.2, 0.25) is 17.6 Å². The number of benzene rings is 2. The van der Waals surface area contributed by atoms with Crippen LogP contribution in [0.1, 0.15) is 30.7 Å². The predicted molar refractivity (Wildman–Crippen MR) is 100 cm³/mol. The molecular weight excluding hydrogens is 350 g/mol. The molecule has 6 heteroatoms. The Bertz CT molecular complexity index is 936. The van der Waals surface area contributed by atoms with Crippen LogP contribution in [0.5, 0.6) is 0 Å². The zero-order chi connectivity index (χ0) is 18.1. The number of carbonyl (C=O) groups excluding carboxylic acids is 1. The van der Waals surface area contributed by atoms with Crippen molar-refractivity contribution in [3.8, 4) is 11.4 Å². The SMILES string of the molecule is CCc1ccccc1N1CC(c2nc(-c3ccc(Cl)cc3)no2)CC1=O. The molecule has 132 valence electrons. The summed E-state index contributed by atoms with van der Waals surface area (Å²) in [5.74, 6) is 0.999. The van der Waals surface area contributed by atoms with Crippen molar-refractivity contribution in [3.05, 3.63) is 65.0 Å². The second-order valence-electron chi connectivity index (χ2n) is 6.35. The lowest BCUT2D eigenvalue weighted by Gasteiger charge is -2.19. The molecule has 0 bridgehead atoms. The molecule has 1 amide bonds. The second-order valence-corrected chi connectivity index (χ2v) is 6.79. The van der Waals surface area contributed by atoms with Crippen LogP contribution in [-0.2, 0) is 11.2 Å². The maximum atomic E-state index is 12.6. The van der Waals surface area contributed by atoms with Crippen LogP contribution in [0.15, 0.2) is 53.1 Å². The lowest BCUT2D eigenvalue weighted by Crippen LogP contribution is -2.25. The molecule has 1 aliphatic heterocycles. The minimum atomic E-state index is -0.0963. The van der Waals surface area contributed by atoms with Crippen molar-refractivity contribution in [2.75, 3.05) is 11.4 Å². The Labute approximate surface area is 156 Å². The zero-order valence-electron chi connectivity index (χ0n) is 14.4. The molecule has 5 nitrogen and oxygen atoms in total. The first-order chi connectivity index (χ1) is 12.7. The van der Waals surface area contributed by atoms with Crippen LogP contribution in [-0.4, -0.2) is 22.6 Å². The highest BCUT2D eigenvalue weighted by Crippen LogP contribution is 2.33. The first-order valence-electron chi connectivity index (χ1n) is 8.63. The smallest absolute Gasteiger partial charge is 0.232 e. The standard InChI is InChI=1S/C20H18ClN3O2/c1-2-13-5-3-4-6-17(13)24-12-15(11-18(24)25)20-22-19(23-26-20)14-7-9-16(21)10-8-14/h3-10,15H,2,11-12H2,1H3. The van der Waals surface area contributed by atoms with Gasteiger partial charge in [-0.2, -0.15) is 4.98 Å². The number of aryl methyl sites for hydroxylation is 1. The quantitative estimate of drug-likeness (QED) is 0.682. The van der Waals surface area contributed by atoms with Crippen LogP contribution in [0.2, 0.25) is 5.02 Å². The number of hydrogen-bond donors (Lipinski definition) is 0. The predicted octanol–water partition coefficient (Wildman–Crippen LogP) is 4.47. The number of halogens is 1. The molecule has 0 aliphatic carbocycles. The Kier molecular flexibility index (Phi) is 4.47. The summed E-state index contributed by atoms with van der Waals surface area (Å²) < 4.78 is 5.45. The van der Waals surface area contributed by atoms with Gasteiger partial charge in [0.05, 0.1) is 5.92 Å². The fourth-order valence-electron chi connectivity index (χ4n) is 3.30. The summed E-state index contributed by atoms with van der Waals surface area (Å²) in [6.45, 7) is 2.64. The average Bonchev–Trinajstić information content (AvgIpc) is 3.29. The largest absolute Gasteiger partial charge is 0.339 e. The summed E-state index contributed by atoms with van der Waals surface area (Å²) in [6, 6.07) is 15.3. The first-order valence-corrected chi connectivity index (χ1v) is 9.01. The van der Waals surface area contributed by atoms with Crippen molar-refractivity contribution in [1.82, 2.24) is 10.1 Å². The topological polar surface area (TPSA) is 59.2 Å². The molecule has 1 atom stereocenters. The minimum absolute atomic E-state index is 0.0853. The van der Waals surface area contributed by atoms with Gasteiger partial charge < -0.3 is 9.42 Å². The van der Waals surface area contributed by atoms with Crippen molar-refractivity contribution in [2.45, 2.75) is 25.7 Å². The highest BCUT2D eigenvalue weighted by atomic mass is 35.5. The third-order valence-corrected chi connectivity index (χ3v) is 4.93. The van der Waals surface area contributed by atoms with Gasteiger partial charge in [-0.05, 0) is 42.3 Å². The minimum Gasteiger partial charge on any atom is -0.339 e. The van der Waals surface area contributed by atoms with Gasteiger partial charge in [-0.15, -0.1) is 0 Å². The van der Waals surface area contributed by atoms with E-state index in [9.17, 15) is 4.79 Å². The second kappa shape index (κ2) is 6.92. The lowest BCUT2D eigenvalue weighted by atomic mass is 10.1. The molecular formula is C20H18ClN3O2. The van der Waals surface area contributed by atoms with E-state index in [2.05, 4.69) is 23.1 Å². The van der Waals surface area contributed by atoms with E-state index in [1.165, 1.54) is 0 Å². The van der Waals surface area contributed by atoms with Crippen LogP contribution in [0, 0.1) is 0 Å². The molecule has 0 N–H and O–H groups in total. The molecule has 0 radical (unpaired) electrons. The Balaban J connectivity index is 1.57. The number of carbonyl (C=O) groups is 1. The van der Waals surface area contributed by atoms with E-state index in [0.717, 1.165) is 23.2 Å². The van der Waals surface area contributed by atoms with Crippen molar-refractivity contribution in [1.29, 1.82) is 0 Å². The van der Waals surface area contributed by atoms with Crippen molar-refractivity contribution < 1.29 is 9.32 Å². The van der Waals surface area contributed by atoms with Gasteiger partial charge in [0.1, 0.15) is 0 Å². The third kappa shape index (κ3) is 3.10. The lowest BCUT2D eigenvalue weighted by molar-refractivity contribution is -0.117. The van der Waals surface area contributed by atoms with E-state index in [1.54, 1.807) is 12.1 Å². The number of anilines is 1. The maximum absolute atomic E-state index is 12.6. The number of amides is 1. The van der Waals surface area contributed by atoms with Gasteiger partial charge in [0.25, 0.3) is 0 Å². The van der Waals surface area contributed by atoms with Gasteiger partial charge in [0.15, 0.2) is 0 Å². The Morgan fingerprint density at radius 1 is 1.19 bits per heavy atom. The van der Waals surface area contributed by atoms with E-state index >= 15 is 0 Å². The highest BCUT2D eigenvalue weighted by molar-refractivity contribution is 6.30. The number of hydrogen-bond acceptors (Lipinski definition) is 4. The van der Waals surface area contributed by atoms with E-state index in [4.69, 9.17) is 16.1 Å². The van der Waals surface area contributed by atoms with E-state index < -0.39 is 0 Å². The normalized spacial score (nSPS) is 17.1. The van der Waals surface area contributed by atoms with Crippen LogP contribution < -0.4 is 4.90 Å². The van der Waals surface area contributed by atoms with Crippen LogP contribution in [0.3, 0.4) is 0 Å². The first kappa shape index (κ1) is 16.8. The average molecular weight is 368 g/mol. The van der Waals surface area contributed by atoms with Gasteiger partial charge in [-0.3, -0.25) is 4.79 Å². The molecule has 2 heterocycles. The van der Waals surface area contributed by atoms with Crippen LogP contribution in [0.25, 0.3) is 11.4 Å². The van der Waals surface area contributed by atoms with E-state index in [0.29, 0.717) is 29.7 Å². The fourth-order valence-corrected chi connectivity index (χ4v) is 3.42. The number of aromatic nitrogens is 2. The third-order valence-electron chi connectivity index (χ3n) is 4.68. The molecule has 26 heavy (non-hydrogen) atoms. The molecule has 3 aromatic rings. The van der Waals surface area contributed by atoms with Gasteiger partial charge in [-0.25, -0.2) is 0 Å². The van der Waals surface area contributed by atoms with Crippen molar-refractivity contribution in [3.63, 3.8) is 0 Å².